The highest BCUT2D eigenvalue weighted by Gasteiger charge is 2.22. The molecular weight excluding hydrogens is 202 g/mol. The van der Waals surface area contributed by atoms with Crippen LogP contribution in [0.15, 0.2) is 27.9 Å². The molecule has 0 bridgehead atoms. The second kappa shape index (κ2) is 3.00. The fourth-order valence-corrected chi connectivity index (χ4v) is 1.80. The summed E-state index contributed by atoms with van der Waals surface area (Å²) in [5.74, 6) is 0.287. The number of nitrogens with two attached hydrogens (primary N) is 1. The van der Waals surface area contributed by atoms with Crippen molar-refractivity contribution in [1.82, 2.24) is 4.98 Å². The van der Waals surface area contributed by atoms with E-state index in [-0.39, 0.29) is 5.96 Å². The Morgan fingerprint density at radius 2 is 2.25 bits per heavy atom. The van der Waals surface area contributed by atoms with Gasteiger partial charge in [0.1, 0.15) is 6.07 Å². The van der Waals surface area contributed by atoms with Crippen molar-refractivity contribution in [2.75, 3.05) is 0 Å². The van der Waals surface area contributed by atoms with E-state index in [0.717, 1.165) is 22.7 Å². The van der Waals surface area contributed by atoms with E-state index in [1.54, 1.807) is 12.3 Å². The zero-order valence-electron chi connectivity index (χ0n) is 8.31. The Hall–Kier alpha value is -2.48. The van der Waals surface area contributed by atoms with Crippen molar-refractivity contribution >= 4 is 17.7 Å². The van der Waals surface area contributed by atoms with Crippen LogP contribution >= 0.6 is 0 Å². The number of nitrogens with zero attached hydrogens (tertiary/aromatic N) is 4. The lowest BCUT2D eigenvalue weighted by molar-refractivity contribution is 1.11. The molecule has 0 spiro atoms. The van der Waals surface area contributed by atoms with Gasteiger partial charge in [-0.05, 0) is 17.7 Å². The van der Waals surface area contributed by atoms with Crippen LogP contribution in [0, 0.1) is 11.3 Å². The van der Waals surface area contributed by atoms with E-state index in [4.69, 9.17) is 11.0 Å². The topological polar surface area (TPSA) is 87.4 Å². The number of nitriles is 1. The third-order valence-corrected chi connectivity index (χ3v) is 2.54. The molecule has 1 aromatic heterocycles. The van der Waals surface area contributed by atoms with Crippen molar-refractivity contribution in [1.29, 1.82) is 5.26 Å². The van der Waals surface area contributed by atoms with Crippen molar-refractivity contribution in [2.45, 2.75) is 6.42 Å². The number of hydrogen-bond acceptors (Lipinski definition) is 5. The Labute approximate surface area is 91.7 Å². The number of aromatic nitrogens is 1. The van der Waals surface area contributed by atoms with Crippen molar-refractivity contribution in [3.63, 3.8) is 0 Å². The number of pyridine rings is 1. The van der Waals surface area contributed by atoms with Crippen LogP contribution in [0.5, 0.6) is 0 Å². The molecule has 0 unspecified atom stereocenters. The van der Waals surface area contributed by atoms with Gasteiger partial charge in [0.25, 0.3) is 0 Å². The second-order valence-electron chi connectivity index (χ2n) is 3.61. The summed E-state index contributed by atoms with van der Waals surface area (Å²) in [6.45, 7) is 0. The fourth-order valence-electron chi connectivity index (χ4n) is 1.80. The highest BCUT2D eigenvalue weighted by atomic mass is 15.1. The number of fused-ring (bicyclic) bond motifs is 2. The number of allylic oxidation sites excluding steroid dienone is 1. The molecule has 0 saturated carbocycles. The lowest BCUT2D eigenvalue weighted by Crippen LogP contribution is -2.11. The molecule has 0 fully saturated rings. The molecule has 2 aliphatic rings. The van der Waals surface area contributed by atoms with Crippen LogP contribution < -0.4 is 5.73 Å². The van der Waals surface area contributed by atoms with Crippen LogP contribution in [0.25, 0.3) is 6.08 Å². The molecule has 1 aromatic rings. The smallest absolute Gasteiger partial charge is 0.220 e. The van der Waals surface area contributed by atoms with Gasteiger partial charge in [0.15, 0.2) is 0 Å². The fraction of sp³-hybridized carbons (Fsp3) is 0.0909. The van der Waals surface area contributed by atoms with Crippen molar-refractivity contribution < 1.29 is 0 Å². The first kappa shape index (κ1) is 8.80. The third-order valence-electron chi connectivity index (χ3n) is 2.54. The zero-order valence-corrected chi connectivity index (χ0v) is 8.31. The van der Waals surface area contributed by atoms with Gasteiger partial charge in [-0.25, -0.2) is 9.98 Å². The number of guanidine groups is 1. The van der Waals surface area contributed by atoms with Crippen molar-refractivity contribution in [3.05, 3.63) is 34.8 Å². The quantitative estimate of drug-likeness (QED) is 0.679. The molecule has 76 valence electrons. The molecule has 1 aliphatic carbocycles. The van der Waals surface area contributed by atoms with Crippen LogP contribution in [-0.2, 0) is 6.42 Å². The standard InChI is InChI=1S/C11H7N5/c12-4-6-1-7-2-9-10(16-11(13)15-9)3-8(7)14-5-6/h1-2,5H,3H2,(H2,13,15). The first-order chi connectivity index (χ1) is 7.76. The Kier molecular flexibility index (Phi) is 1.65. The average molecular weight is 209 g/mol. The summed E-state index contributed by atoms with van der Waals surface area (Å²) in [5, 5.41) is 8.79. The van der Waals surface area contributed by atoms with E-state index in [0.29, 0.717) is 12.0 Å². The Morgan fingerprint density at radius 1 is 1.38 bits per heavy atom. The third kappa shape index (κ3) is 1.21. The molecule has 16 heavy (non-hydrogen) atoms. The molecule has 5 nitrogen and oxygen atoms in total. The van der Waals surface area contributed by atoms with E-state index in [1.165, 1.54) is 0 Å². The molecule has 0 atom stereocenters. The van der Waals surface area contributed by atoms with Gasteiger partial charge in [-0.2, -0.15) is 5.26 Å². The van der Waals surface area contributed by atoms with E-state index >= 15 is 0 Å². The van der Waals surface area contributed by atoms with Gasteiger partial charge >= 0.3 is 0 Å². The van der Waals surface area contributed by atoms with E-state index in [1.807, 2.05) is 6.08 Å². The maximum atomic E-state index is 8.79. The average Bonchev–Trinajstić information content (AvgIpc) is 2.64. The summed E-state index contributed by atoms with van der Waals surface area (Å²) in [6, 6.07) is 3.86. The van der Waals surface area contributed by atoms with Gasteiger partial charge in [0, 0.05) is 12.6 Å². The SMILES string of the molecule is N#Cc1cnc2c(c1)C=C1N=C(N)N=C1C2. The first-order valence-electron chi connectivity index (χ1n) is 4.79. The van der Waals surface area contributed by atoms with Gasteiger partial charge in [-0.3, -0.25) is 4.98 Å². The van der Waals surface area contributed by atoms with Crippen LogP contribution in [0.3, 0.4) is 0 Å². The Bertz CT molecular complexity index is 616. The molecule has 0 aromatic carbocycles. The minimum atomic E-state index is 0.287. The second-order valence-corrected chi connectivity index (χ2v) is 3.61. The molecule has 0 amide bonds. The summed E-state index contributed by atoms with van der Waals surface area (Å²) in [7, 11) is 0. The predicted molar refractivity (Wildman–Crippen MR) is 59.7 cm³/mol. The highest BCUT2D eigenvalue weighted by molar-refractivity contribution is 6.16. The summed E-state index contributed by atoms with van der Waals surface area (Å²) in [5.41, 5.74) is 9.54. The molecule has 2 N–H and O–H groups in total. The van der Waals surface area contributed by atoms with Gasteiger partial charge < -0.3 is 5.73 Å². The van der Waals surface area contributed by atoms with Crippen LogP contribution in [-0.4, -0.2) is 16.7 Å². The van der Waals surface area contributed by atoms with E-state index in [2.05, 4.69) is 21.0 Å². The van der Waals surface area contributed by atoms with Crippen molar-refractivity contribution in [3.8, 4) is 6.07 Å². The normalized spacial score (nSPS) is 16.6. The summed E-state index contributed by atoms with van der Waals surface area (Å²) < 4.78 is 0. The van der Waals surface area contributed by atoms with Gasteiger partial charge in [-0.15, -0.1) is 0 Å². The summed E-state index contributed by atoms with van der Waals surface area (Å²) in [4.78, 5) is 12.5. The van der Waals surface area contributed by atoms with Gasteiger partial charge in [0.2, 0.25) is 5.96 Å². The zero-order chi connectivity index (χ0) is 11.1. The monoisotopic (exact) mass is 209 g/mol. The van der Waals surface area contributed by atoms with Crippen molar-refractivity contribution in [2.24, 2.45) is 15.7 Å². The van der Waals surface area contributed by atoms with Gasteiger partial charge in [-0.1, -0.05) is 0 Å². The van der Waals surface area contributed by atoms with Crippen LogP contribution in [0.1, 0.15) is 16.8 Å². The Morgan fingerprint density at radius 3 is 3.06 bits per heavy atom. The molecule has 0 saturated heterocycles. The molecule has 1 aliphatic heterocycles. The number of rotatable bonds is 0. The predicted octanol–water partition coefficient (Wildman–Crippen LogP) is 0.620. The van der Waals surface area contributed by atoms with Crippen LogP contribution in [0.2, 0.25) is 0 Å². The first-order valence-corrected chi connectivity index (χ1v) is 4.79. The lowest BCUT2D eigenvalue weighted by Gasteiger charge is -2.11. The lowest BCUT2D eigenvalue weighted by atomic mass is 9.98. The van der Waals surface area contributed by atoms with Gasteiger partial charge in [0.05, 0.1) is 22.7 Å². The molecule has 2 heterocycles. The minimum Gasteiger partial charge on any atom is -0.368 e. The molecule has 3 rings (SSSR count). The molecule has 5 heteroatoms. The highest BCUT2D eigenvalue weighted by Crippen LogP contribution is 2.24. The number of aliphatic imine (C=N–C) groups is 2. The summed E-state index contributed by atoms with van der Waals surface area (Å²) >= 11 is 0. The maximum absolute atomic E-state index is 8.79. The molecular formula is C11H7N5. The summed E-state index contributed by atoms with van der Waals surface area (Å²) in [6.07, 6.45) is 4.06. The van der Waals surface area contributed by atoms with Crippen LogP contribution in [0.4, 0.5) is 0 Å². The largest absolute Gasteiger partial charge is 0.368 e. The molecule has 0 radical (unpaired) electrons. The number of hydrogen-bond donors (Lipinski definition) is 1. The Balaban J connectivity index is 2.15. The van der Waals surface area contributed by atoms with E-state index in [9.17, 15) is 0 Å². The minimum absolute atomic E-state index is 0.287. The van der Waals surface area contributed by atoms with E-state index < -0.39 is 0 Å². The maximum Gasteiger partial charge on any atom is 0.220 e.